The molecule has 1 aliphatic heterocycles. The number of nitrogens with zero attached hydrogens (tertiary/aromatic N) is 3. The molecule has 18 heavy (non-hydrogen) atoms. The van der Waals surface area contributed by atoms with Crippen LogP contribution in [0, 0.1) is 11.3 Å². The molecule has 0 spiro atoms. The van der Waals surface area contributed by atoms with E-state index in [9.17, 15) is 0 Å². The zero-order valence-electron chi connectivity index (χ0n) is 10.3. The minimum absolute atomic E-state index is 0.325. The van der Waals surface area contributed by atoms with E-state index >= 15 is 0 Å². The molecule has 2 unspecified atom stereocenters. The lowest BCUT2D eigenvalue weighted by Gasteiger charge is -2.22. The van der Waals surface area contributed by atoms with Gasteiger partial charge in [-0.05, 0) is 41.8 Å². The normalized spacial score (nSPS) is 29.9. The maximum atomic E-state index is 6.01. The van der Waals surface area contributed by atoms with Crippen LogP contribution in [0.1, 0.15) is 19.8 Å². The van der Waals surface area contributed by atoms with Crippen molar-refractivity contribution in [2.75, 3.05) is 18.0 Å². The summed E-state index contributed by atoms with van der Waals surface area (Å²) >= 11 is 6.01. The van der Waals surface area contributed by atoms with E-state index in [0.717, 1.165) is 35.9 Å². The molecular weight excluding hydrogens is 248 g/mol. The standard InChI is InChI=1S/C13H15ClN4/c1-2-13-5-8(13)6-18(7-13)11-9-3-4-15-10(9)16-12(14)17-11/h3-4,8H,2,5-7H2,1H3,(H,15,16,17). The number of anilines is 1. The second-order valence-corrected chi connectivity index (χ2v) is 5.89. The first-order chi connectivity index (χ1) is 8.72. The number of H-pyrrole nitrogens is 1. The Labute approximate surface area is 110 Å². The first-order valence-corrected chi connectivity index (χ1v) is 6.85. The summed E-state index contributed by atoms with van der Waals surface area (Å²) in [6, 6.07) is 2.03. The van der Waals surface area contributed by atoms with Gasteiger partial charge in [-0.2, -0.15) is 9.97 Å². The molecule has 2 aliphatic rings. The largest absolute Gasteiger partial charge is 0.355 e. The van der Waals surface area contributed by atoms with Crippen molar-refractivity contribution in [2.24, 2.45) is 11.3 Å². The number of piperidine rings is 1. The van der Waals surface area contributed by atoms with Gasteiger partial charge in [0, 0.05) is 19.3 Å². The fraction of sp³-hybridized carbons (Fsp3) is 0.538. The van der Waals surface area contributed by atoms with E-state index < -0.39 is 0 Å². The Kier molecular flexibility index (Phi) is 1.99. The molecule has 4 rings (SSSR count). The van der Waals surface area contributed by atoms with Gasteiger partial charge in [0.2, 0.25) is 5.28 Å². The van der Waals surface area contributed by atoms with Gasteiger partial charge < -0.3 is 9.88 Å². The number of rotatable bonds is 2. The molecule has 2 aromatic heterocycles. The van der Waals surface area contributed by atoms with Crippen molar-refractivity contribution in [1.82, 2.24) is 15.0 Å². The van der Waals surface area contributed by atoms with Crippen LogP contribution < -0.4 is 4.90 Å². The SMILES string of the molecule is CCC12CC1CN(c1nc(Cl)nc3[nH]ccc13)C2. The van der Waals surface area contributed by atoms with Crippen LogP contribution in [-0.2, 0) is 0 Å². The topological polar surface area (TPSA) is 44.8 Å². The third-order valence-corrected chi connectivity index (χ3v) is 4.85. The summed E-state index contributed by atoms with van der Waals surface area (Å²) in [5.41, 5.74) is 1.39. The molecule has 0 bridgehead atoms. The second kappa shape index (κ2) is 3.38. The number of aromatic nitrogens is 3. The molecule has 5 heteroatoms. The van der Waals surface area contributed by atoms with Crippen LogP contribution in [0.5, 0.6) is 0 Å². The van der Waals surface area contributed by atoms with Crippen LogP contribution in [0.2, 0.25) is 5.28 Å². The van der Waals surface area contributed by atoms with E-state index in [-0.39, 0.29) is 0 Å². The number of hydrogen-bond acceptors (Lipinski definition) is 3. The maximum Gasteiger partial charge on any atom is 0.226 e. The van der Waals surface area contributed by atoms with Crippen LogP contribution in [0.15, 0.2) is 12.3 Å². The molecule has 3 heterocycles. The Bertz CT molecular complexity index is 618. The number of fused-ring (bicyclic) bond motifs is 2. The third-order valence-electron chi connectivity index (χ3n) is 4.68. The summed E-state index contributed by atoms with van der Waals surface area (Å²) in [6.45, 7) is 4.52. The van der Waals surface area contributed by atoms with Crippen LogP contribution in [0.4, 0.5) is 5.82 Å². The molecule has 4 nitrogen and oxygen atoms in total. The molecule has 1 saturated heterocycles. The number of aromatic amines is 1. The molecule has 0 amide bonds. The van der Waals surface area contributed by atoms with Crippen molar-refractivity contribution in [3.63, 3.8) is 0 Å². The molecule has 0 radical (unpaired) electrons. The summed E-state index contributed by atoms with van der Waals surface area (Å²) in [5.74, 6) is 1.84. The van der Waals surface area contributed by atoms with Gasteiger partial charge in [-0.1, -0.05) is 6.92 Å². The highest BCUT2D eigenvalue weighted by atomic mass is 35.5. The fourth-order valence-corrected chi connectivity index (χ4v) is 3.60. The van der Waals surface area contributed by atoms with Crippen molar-refractivity contribution >= 4 is 28.5 Å². The molecule has 1 N–H and O–H groups in total. The lowest BCUT2D eigenvalue weighted by molar-refractivity contribution is 0.509. The third kappa shape index (κ3) is 1.32. The molecule has 2 atom stereocenters. The minimum atomic E-state index is 0.325. The molecule has 0 aromatic carbocycles. The van der Waals surface area contributed by atoms with Gasteiger partial charge in [-0.15, -0.1) is 0 Å². The van der Waals surface area contributed by atoms with Crippen LogP contribution in [0.25, 0.3) is 11.0 Å². The molecule has 2 fully saturated rings. The van der Waals surface area contributed by atoms with Crippen molar-refractivity contribution in [2.45, 2.75) is 19.8 Å². The average molecular weight is 263 g/mol. The van der Waals surface area contributed by atoms with E-state index in [1.165, 1.54) is 12.8 Å². The van der Waals surface area contributed by atoms with Gasteiger partial charge in [-0.3, -0.25) is 0 Å². The van der Waals surface area contributed by atoms with Crippen LogP contribution in [0.3, 0.4) is 0 Å². The number of halogens is 1. The van der Waals surface area contributed by atoms with Crippen LogP contribution >= 0.6 is 11.6 Å². The van der Waals surface area contributed by atoms with Crippen molar-refractivity contribution in [3.8, 4) is 0 Å². The Balaban J connectivity index is 1.77. The Morgan fingerprint density at radius 1 is 1.56 bits per heavy atom. The molecule has 2 aromatic rings. The first-order valence-electron chi connectivity index (χ1n) is 6.47. The summed E-state index contributed by atoms with van der Waals surface area (Å²) < 4.78 is 0. The Morgan fingerprint density at radius 2 is 2.44 bits per heavy atom. The zero-order chi connectivity index (χ0) is 12.3. The molecule has 1 aliphatic carbocycles. The summed E-state index contributed by atoms with van der Waals surface area (Å²) in [6.07, 6.45) is 4.55. The highest BCUT2D eigenvalue weighted by Gasteiger charge is 2.58. The summed E-state index contributed by atoms with van der Waals surface area (Å²) in [5, 5.41) is 1.40. The van der Waals surface area contributed by atoms with Crippen LogP contribution in [-0.4, -0.2) is 28.0 Å². The van der Waals surface area contributed by atoms with Gasteiger partial charge in [0.05, 0.1) is 5.39 Å². The van der Waals surface area contributed by atoms with Gasteiger partial charge in [-0.25, -0.2) is 0 Å². The number of hydrogen-bond donors (Lipinski definition) is 1. The smallest absolute Gasteiger partial charge is 0.226 e. The Morgan fingerprint density at radius 3 is 3.22 bits per heavy atom. The quantitative estimate of drug-likeness (QED) is 0.847. The Hall–Kier alpha value is -1.29. The van der Waals surface area contributed by atoms with Gasteiger partial charge in [0.25, 0.3) is 0 Å². The minimum Gasteiger partial charge on any atom is -0.355 e. The second-order valence-electron chi connectivity index (χ2n) is 5.55. The van der Waals surface area contributed by atoms with Gasteiger partial charge >= 0.3 is 0 Å². The van der Waals surface area contributed by atoms with Crippen molar-refractivity contribution in [3.05, 3.63) is 17.5 Å². The summed E-state index contributed by atoms with van der Waals surface area (Å²) in [7, 11) is 0. The number of nitrogens with one attached hydrogen (secondary N) is 1. The fourth-order valence-electron chi connectivity index (χ4n) is 3.44. The maximum absolute atomic E-state index is 6.01. The van der Waals surface area contributed by atoms with E-state index in [2.05, 4.69) is 26.8 Å². The van der Waals surface area contributed by atoms with E-state index in [0.29, 0.717) is 10.7 Å². The lowest BCUT2D eigenvalue weighted by Crippen LogP contribution is -2.25. The molecule has 94 valence electrons. The lowest BCUT2D eigenvalue weighted by atomic mass is 10.0. The van der Waals surface area contributed by atoms with E-state index in [1.807, 2.05) is 12.3 Å². The van der Waals surface area contributed by atoms with Crippen molar-refractivity contribution in [1.29, 1.82) is 0 Å². The zero-order valence-corrected chi connectivity index (χ0v) is 11.0. The summed E-state index contributed by atoms with van der Waals surface area (Å²) in [4.78, 5) is 14.1. The van der Waals surface area contributed by atoms with Gasteiger partial charge in [0.15, 0.2) is 0 Å². The molecule has 1 saturated carbocycles. The monoisotopic (exact) mass is 262 g/mol. The van der Waals surface area contributed by atoms with E-state index in [4.69, 9.17) is 11.6 Å². The van der Waals surface area contributed by atoms with Crippen molar-refractivity contribution < 1.29 is 0 Å². The predicted octanol–water partition coefficient (Wildman–Crippen LogP) is 2.85. The highest BCUT2D eigenvalue weighted by Crippen LogP contribution is 2.60. The molecular formula is C13H15ClN4. The average Bonchev–Trinajstić information content (AvgIpc) is 2.77. The highest BCUT2D eigenvalue weighted by molar-refractivity contribution is 6.28. The first kappa shape index (κ1) is 10.6. The predicted molar refractivity (Wildman–Crippen MR) is 71.9 cm³/mol. The van der Waals surface area contributed by atoms with Gasteiger partial charge in [0.1, 0.15) is 11.5 Å². The van der Waals surface area contributed by atoms with E-state index in [1.54, 1.807) is 0 Å².